The first kappa shape index (κ1) is 15.4. The number of hydrogen-bond donors (Lipinski definition) is 1. The van der Waals surface area contributed by atoms with Crippen LogP contribution in [0.5, 0.6) is 0 Å². The van der Waals surface area contributed by atoms with Crippen molar-refractivity contribution in [1.29, 1.82) is 0 Å². The van der Waals surface area contributed by atoms with Crippen LogP contribution in [0, 0.1) is 17.8 Å². The molecule has 0 unspecified atom stereocenters. The Kier molecular flexibility index (Phi) is 8.26. The molecule has 0 radical (unpaired) electrons. The van der Waals surface area contributed by atoms with Crippen molar-refractivity contribution in [2.24, 2.45) is 17.8 Å². The van der Waals surface area contributed by atoms with Gasteiger partial charge in [-0.3, -0.25) is 4.79 Å². The van der Waals surface area contributed by atoms with Gasteiger partial charge < -0.3 is 10.1 Å². The summed E-state index contributed by atoms with van der Waals surface area (Å²) in [5.41, 5.74) is 0. The molecule has 3 nitrogen and oxygen atoms in total. The van der Waals surface area contributed by atoms with Crippen LogP contribution in [0.15, 0.2) is 0 Å². The van der Waals surface area contributed by atoms with E-state index in [9.17, 15) is 4.79 Å². The fourth-order valence-corrected chi connectivity index (χ4v) is 1.83. The summed E-state index contributed by atoms with van der Waals surface area (Å²) in [6.45, 7) is 12.4. The molecule has 0 aromatic carbocycles. The van der Waals surface area contributed by atoms with Gasteiger partial charge in [-0.25, -0.2) is 0 Å². The molecule has 0 heterocycles. The molecular formula is C13H27NO2. The van der Waals surface area contributed by atoms with E-state index in [0.29, 0.717) is 24.4 Å². The largest absolute Gasteiger partial charge is 0.372 e. The second kappa shape index (κ2) is 8.57. The molecular weight excluding hydrogens is 202 g/mol. The Morgan fingerprint density at radius 3 is 2.19 bits per heavy atom. The summed E-state index contributed by atoms with van der Waals surface area (Å²) in [4.78, 5) is 11.4. The van der Waals surface area contributed by atoms with Crippen molar-refractivity contribution < 1.29 is 9.53 Å². The van der Waals surface area contributed by atoms with Gasteiger partial charge in [0.25, 0.3) is 0 Å². The third-order valence-corrected chi connectivity index (χ3v) is 2.83. The van der Waals surface area contributed by atoms with Crippen molar-refractivity contribution in [3.8, 4) is 0 Å². The van der Waals surface area contributed by atoms with Crippen LogP contribution >= 0.6 is 0 Å². The van der Waals surface area contributed by atoms with Crippen LogP contribution in [-0.2, 0) is 9.53 Å². The fraction of sp³-hybridized carbons (Fsp3) is 0.923. The summed E-state index contributed by atoms with van der Waals surface area (Å²) in [6, 6.07) is 0. The topological polar surface area (TPSA) is 38.3 Å². The highest BCUT2D eigenvalue weighted by Crippen LogP contribution is 2.19. The number of rotatable bonds is 8. The highest BCUT2D eigenvalue weighted by molar-refractivity contribution is 5.77. The minimum atomic E-state index is -0.000231. The molecule has 1 amide bonds. The number of amides is 1. The van der Waals surface area contributed by atoms with Gasteiger partial charge in [0.05, 0.1) is 0 Å². The standard InChI is InChI=1S/C13H27NO2/c1-6-7-16-9-13(15)14-8-12(10(2)3)11(4)5/h10-12H,6-9H2,1-5H3,(H,14,15). The smallest absolute Gasteiger partial charge is 0.246 e. The van der Waals surface area contributed by atoms with E-state index in [4.69, 9.17) is 4.74 Å². The molecule has 0 fully saturated rings. The molecule has 0 aromatic rings. The Morgan fingerprint density at radius 2 is 1.75 bits per heavy atom. The Morgan fingerprint density at radius 1 is 1.19 bits per heavy atom. The molecule has 3 heteroatoms. The van der Waals surface area contributed by atoms with Gasteiger partial charge >= 0.3 is 0 Å². The molecule has 0 atom stereocenters. The van der Waals surface area contributed by atoms with Gasteiger partial charge in [-0.05, 0) is 24.2 Å². The van der Waals surface area contributed by atoms with Gasteiger partial charge in [-0.1, -0.05) is 34.6 Å². The third kappa shape index (κ3) is 6.83. The molecule has 1 N–H and O–H groups in total. The van der Waals surface area contributed by atoms with Gasteiger partial charge in [0.15, 0.2) is 0 Å². The van der Waals surface area contributed by atoms with Crippen molar-refractivity contribution in [2.45, 2.75) is 41.0 Å². The molecule has 96 valence electrons. The quantitative estimate of drug-likeness (QED) is 0.649. The molecule has 0 bridgehead atoms. The minimum absolute atomic E-state index is 0.000231. The summed E-state index contributed by atoms with van der Waals surface area (Å²) in [5.74, 6) is 1.73. The van der Waals surface area contributed by atoms with E-state index < -0.39 is 0 Å². The van der Waals surface area contributed by atoms with Gasteiger partial charge in [0.2, 0.25) is 5.91 Å². The van der Waals surface area contributed by atoms with Crippen molar-refractivity contribution in [1.82, 2.24) is 5.32 Å². The van der Waals surface area contributed by atoms with E-state index in [-0.39, 0.29) is 12.5 Å². The summed E-state index contributed by atoms with van der Waals surface area (Å²) in [7, 11) is 0. The zero-order valence-electron chi connectivity index (χ0n) is 11.4. The Hall–Kier alpha value is -0.570. The first-order chi connectivity index (χ1) is 7.49. The predicted molar refractivity (Wildman–Crippen MR) is 67.3 cm³/mol. The van der Waals surface area contributed by atoms with E-state index in [1.54, 1.807) is 0 Å². The second-order valence-electron chi connectivity index (χ2n) is 5.01. The van der Waals surface area contributed by atoms with Crippen molar-refractivity contribution in [3.63, 3.8) is 0 Å². The SMILES string of the molecule is CCCOCC(=O)NCC(C(C)C)C(C)C. The number of ether oxygens (including phenoxy) is 1. The molecule has 0 rings (SSSR count). The van der Waals surface area contributed by atoms with Gasteiger partial charge in [-0.15, -0.1) is 0 Å². The number of hydrogen-bond acceptors (Lipinski definition) is 2. The average molecular weight is 229 g/mol. The first-order valence-electron chi connectivity index (χ1n) is 6.33. The lowest BCUT2D eigenvalue weighted by atomic mass is 9.85. The number of carbonyl (C=O) groups excluding carboxylic acids is 1. The number of carbonyl (C=O) groups is 1. The maximum atomic E-state index is 11.4. The van der Waals surface area contributed by atoms with Crippen LogP contribution in [0.4, 0.5) is 0 Å². The lowest BCUT2D eigenvalue weighted by molar-refractivity contribution is -0.126. The molecule has 0 aliphatic rings. The normalized spacial score (nSPS) is 11.5. The molecule has 0 spiro atoms. The third-order valence-electron chi connectivity index (χ3n) is 2.83. The lowest BCUT2D eigenvalue weighted by Crippen LogP contribution is -2.35. The molecule has 0 aliphatic heterocycles. The zero-order chi connectivity index (χ0) is 12.6. The van der Waals surface area contributed by atoms with E-state index in [1.807, 2.05) is 6.92 Å². The predicted octanol–water partition coefficient (Wildman–Crippen LogP) is 2.46. The highest BCUT2D eigenvalue weighted by atomic mass is 16.5. The van der Waals surface area contributed by atoms with Crippen molar-refractivity contribution in [3.05, 3.63) is 0 Å². The van der Waals surface area contributed by atoms with E-state index in [0.717, 1.165) is 13.0 Å². The van der Waals surface area contributed by atoms with E-state index in [2.05, 4.69) is 33.0 Å². The highest BCUT2D eigenvalue weighted by Gasteiger charge is 2.17. The van der Waals surface area contributed by atoms with Crippen LogP contribution in [0.3, 0.4) is 0 Å². The van der Waals surface area contributed by atoms with Crippen LogP contribution in [-0.4, -0.2) is 25.7 Å². The van der Waals surface area contributed by atoms with Crippen LogP contribution in [0.1, 0.15) is 41.0 Å². The summed E-state index contributed by atoms with van der Waals surface area (Å²) in [6.07, 6.45) is 0.952. The van der Waals surface area contributed by atoms with Crippen molar-refractivity contribution in [2.75, 3.05) is 19.8 Å². The zero-order valence-corrected chi connectivity index (χ0v) is 11.4. The lowest BCUT2D eigenvalue weighted by Gasteiger charge is -2.25. The van der Waals surface area contributed by atoms with E-state index >= 15 is 0 Å². The Bertz CT molecular complexity index is 182. The van der Waals surface area contributed by atoms with Crippen LogP contribution in [0.2, 0.25) is 0 Å². The molecule has 0 aliphatic carbocycles. The Labute approximate surface area is 99.9 Å². The number of nitrogens with one attached hydrogen (secondary N) is 1. The summed E-state index contributed by atoms with van der Waals surface area (Å²) in [5, 5.41) is 2.94. The van der Waals surface area contributed by atoms with Gasteiger partial charge in [-0.2, -0.15) is 0 Å². The van der Waals surface area contributed by atoms with Gasteiger partial charge in [0.1, 0.15) is 6.61 Å². The first-order valence-corrected chi connectivity index (χ1v) is 6.33. The summed E-state index contributed by atoms with van der Waals surface area (Å²) >= 11 is 0. The molecule has 0 saturated carbocycles. The maximum absolute atomic E-state index is 11.4. The maximum Gasteiger partial charge on any atom is 0.246 e. The van der Waals surface area contributed by atoms with Crippen LogP contribution < -0.4 is 5.32 Å². The fourth-order valence-electron chi connectivity index (χ4n) is 1.83. The minimum Gasteiger partial charge on any atom is -0.372 e. The monoisotopic (exact) mass is 229 g/mol. The molecule has 0 aromatic heterocycles. The van der Waals surface area contributed by atoms with Gasteiger partial charge in [0, 0.05) is 13.2 Å². The molecule has 0 saturated heterocycles. The second-order valence-corrected chi connectivity index (χ2v) is 5.01. The Balaban J connectivity index is 3.79. The van der Waals surface area contributed by atoms with Crippen LogP contribution in [0.25, 0.3) is 0 Å². The molecule has 16 heavy (non-hydrogen) atoms. The summed E-state index contributed by atoms with van der Waals surface area (Å²) < 4.78 is 5.19. The van der Waals surface area contributed by atoms with Crippen molar-refractivity contribution >= 4 is 5.91 Å². The average Bonchev–Trinajstić information content (AvgIpc) is 2.17. The van der Waals surface area contributed by atoms with E-state index in [1.165, 1.54) is 0 Å².